The van der Waals surface area contributed by atoms with Gasteiger partial charge in [-0.05, 0) is 74.1 Å². The van der Waals surface area contributed by atoms with E-state index in [9.17, 15) is 0 Å². The van der Waals surface area contributed by atoms with Crippen LogP contribution in [-0.4, -0.2) is 6.04 Å². The summed E-state index contributed by atoms with van der Waals surface area (Å²) in [5.74, 6) is 1.75. The van der Waals surface area contributed by atoms with Crippen LogP contribution in [0.5, 0.6) is 0 Å². The number of benzene rings is 1. The first kappa shape index (κ1) is 14.6. The lowest BCUT2D eigenvalue weighted by Crippen LogP contribution is -2.36. The van der Waals surface area contributed by atoms with Gasteiger partial charge in [0.25, 0.3) is 0 Å². The van der Waals surface area contributed by atoms with E-state index in [0.717, 1.165) is 18.4 Å². The first-order chi connectivity index (χ1) is 8.95. The molecule has 1 aromatic carbocycles. The van der Waals surface area contributed by atoms with Crippen molar-refractivity contribution in [1.82, 2.24) is 5.32 Å². The van der Waals surface area contributed by atoms with E-state index in [-0.39, 0.29) is 0 Å². The van der Waals surface area contributed by atoms with Crippen LogP contribution >= 0.6 is 0 Å². The fraction of sp³-hybridized carbons (Fsp3) is 0.667. The Morgan fingerprint density at radius 2 is 1.47 bits per heavy atom. The molecule has 0 radical (unpaired) electrons. The van der Waals surface area contributed by atoms with Crippen molar-refractivity contribution in [3.05, 3.63) is 34.4 Å². The molecule has 1 fully saturated rings. The zero-order valence-electron chi connectivity index (χ0n) is 13.2. The molecule has 106 valence electrons. The fourth-order valence-electron chi connectivity index (χ4n) is 3.58. The van der Waals surface area contributed by atoms with Gasteiger partial charge in [-0.15, -0.1) is 0 Å². The zero-order valence-corrected chi connectivity index (χ0v) is 13.2. The fourth-order valence-corrected chi connectivity index (χ4v) is 3.58. The van der Waals surface area contributed by atoms with Crippen LogP contribution in [0, 0.1) is 32.6 Å². The number of aryl methyl sites for hydroxylation is 3. The first-order valence-corrected chi connectivity index (χ1v) is 7.75. The number of hydrogen-bond acceptors (Lipinski definition) is 1. The maximum atomic E-state index is 3.79. The van der Waals surface area contributed by atoms with Gasteiger partial charge in [0.2, 0.25) is 0 Å². The van der Waals surface area contributed by atoms with Gasteiger partial charge >= 0.3 is 0 Å². The average molecular weight is 259 g/mol. The second kappa shape index (κ2) is 6.09. The van der Waals surface area contributed by atoms with Crippen LogP contribution in [0.4, 0.5) is 0 Å². The standard InChI is InChI=1S/C18H29N/c1-12-6-13(2)8-18(7-12)19-11-17-10-15(4)14(3)9-16(17)5/h9-10,12-13,18-19H,6-8,11H2,1-5H3. The molecule has 0 aliphatic heterocycles. The molecule has 1 N–H and O–H groups in total. The van der Waals surface area contributed by atoms with Crippen molar-refractivity contribution in [3.63, 3.8) is 0 Å². The Bertz CT molecular complexity index is 426. The van der Waals surface area contributed by atoms with Crippen LogP contribution in [0.2, 0.25) is 0 Å². The second-order valence-corrected chi connectivity index (χ2v) is 6.86. The summed E-state index contributed by atoms with van der Waals surface area (Å²) in [7, 11) is 0. The summed E-state index contributed by atoms with van der Waals surface area (Å²) in [4.78, 5) is 0. The molecule has 0 saturated heterocycles. The van der Waals surface area contributed by atoms with Crippen molar-refractivity contribution in [2.24, 2.45) is 11.8 Å². The lowest BCUT2D eigenvalue weighted by molar-refractivity contribution is 0.238. The van der Waals surface area contributed by atoms with Crippen molar-refractivity contribution in [3.8, 4) is 0 Å². The summed E-state index contributed by atoms with van der Waals surface area (Å²) >= 11 is 0. The lowest BCUT2D eigenvalue weighted by Gasteiger charge is -2.32. The van der Waals surface area contributed by atoms with Gasteiger partial charge in [-0.2, -0.15) is 0 Å². The molecule has 0 aromatic heterocycles. The summed E-state index contributed by atoms with van der Waals surface area (Å²) < 4.78 is 0. The molecule has 1 heteroatoms. The third kappa shape index (κ3) is 3.82. The molecule has 0 heterocycles. The molecule has 2 atom stereocenters. The summed E-state index contributed by atoms with van der Waals surface area (Å²) in [6, 6.07) is 5.38. The molecule has 1 aliphatic carbocycles. The molecular weight excluding hydrogens is 230 g/mol. The van der Waals surface area contributed by atoms with Crippen LogP contribution in [0.25, 0.3) is 0 Å². The Balaban J connectivity index is 1.97. The molecule has 19 heavy (non-hydrogen) atoms. The van der Waals surface area contributed by atoms with Crippen molar-refractivity contribution in [2.45, 2.75) is 66.5 Å². The Morgan fingerprint density at radius 1 is 0.895 bits per heavy atom. The Hall–Kier alpha value is -0.820. The van der Waals surface area contributed by atoms with Crippen LogP contribution in [0.3, 0.4) is 0 Å². The lowest BCUT2D eigenvalue weighted by atomic mass is 9.80. The molecule has 1 saturated carbocycles. The molecule has 1 nitrogen and oxygen atoms in total. The Labute approximate surface area is 118 Å². The van der Waals surface area contributed by atoms with Crippen molar-refractivity contribution in [1.29, 1.82) is 0 Å². The molecule has 2 unspecified atom stereocenters. The topological polar surface area (TPSA) is 12.0 Å². The molecule has 1 aromatic rings. The summed E-state index contributed by atoms with van der Waals surface area (Å²) in [6.45, 7) is 12.5. The minimum absolute atomic E-state index is 0.708. The quantitative estimate of drug-likeness (QED) is 0.841. The zero-order chi connectivity index (χ0) is 14.0. The van der Waals surface area contributed by atoms with Gasteiger partial charge in [0.1, 0.15) is 0 Å². The van der Waals surface area contributed by atoms with E-state index in [1.54, 1.807) is 0 Å². The van der Waals surface area contributed by atoms with E-state index >= 15 is 0 Å². The third-order valence-corrected chi connectivity index (χ3v) is 4.71. The van der Waals surface area contributed by atoms with E-state index in [0.29, 0.717) is 6.04 Å². The maximum absolute atomic E-state index is 3.79. The van der Waals surface area contributed by atoms with E-state index in [2.05, 4.69) is 52.1 Å². The smallest absolute Gasteiger partial charge is 0.0210 e. The predicted molar refractivity (Wildman–Crippen MR) is 83.5 cm³/mol. The summed E-state index contributed by atoms with van der Waals surface area (Å²) in [5.41, 5.74) is 5.70. The highest BCUT2D eigenvalue weighted by atomic mass is 14.9. The predicted octanol–water partition coefficient (Wildman–Crippen LogP) is 4.53. The van der Waals surface area contributed by atoms with Crippen LogP contribution < -0.4 is 5.32 Å². The summed E-state index contributed by atoms with van der Waals surface area (Å²) in [6.07, 6.45) is 4.09. The van der Waals surface area contributed by atoms with Gasteiger partial charge in [-0.25, -0.2) is 0 Å². The summed E-state index contributed by atoms with van der Waals surface area (Å²) in [5, 5.41) is 3.79. The van der Waals surface area contributed by atoms with Gasteiger partial charge in [0.15, 0.2) is 0 Å². The normalized spacial score (nSPS) is 27.5. The highest BCUT2D eigenvalue weighted by molar-refractivity contribution is 5.36. The minimum atomic E-state index is 0.708. The van der Waals surface area contributed by atoms with Crippen LogP contribution in [-0.2, 0) is 6.54 Å². The van der Waals surface area contributed by atoms with Gasteiger partial charge < -0.3 is 5.32 Å². The van der Waals surface area contributed by atoms with E-state index < -0.39 is 0 Å². The molecule has 0 spiro atoms. The van der Waals surface area contributed by atoms with Gasteiger partial charge in [-0.3, -0.25) is 0 Å². The molecule has 2 rings (SSSR count). The van der Waals surface area contributed by atoms with Crippen LogP contribution in [0.15, 0.2) is 12.1 Å². The SMILES string of the molecule is Cc1cc(C)c(CNC2CC(C)CC(C)C2)cc1C. The minimum Gasteiger partial charge on any atom is -0.310 e. The Morgan fingerprint density at radius 3 is 2.11 bits per heavy atom. The van der Waals surface area contributed by atoms with Crippen LogP contribution in [0.1, 0.15) is 55.4 Å². The van der Waals surface area contributed by atoms with E-state index in [4.69, 9.17) is 0 Å². The van der Waals surface area contributed by atoms with Crippen molar-refractivity contribution < 1.29 is 0 Å². The second-order valence-electron chi connectivity index (χ2n) is 6.86. The van der Waals surface area contributed by atoms with Gasteiger partial charge in [0, 0.05) is 12.6 Å². The highest BCUT2D eigenvalue weighted by Crippen LogP contribution is 2.28. The molecular formula is C18H29N. The van der Waals surface area contributed by atoms with E-state index in [1.807, 2.05) is 0 Å². The number of nitrogens with one attached hydrogen (secondary N) is 1. The molecule has 1 aliphatic rings. The van der Waals surface area contributed by atoms with E-state index in [1.165, 1.54) is 41.5 Å². The van der Waals surface area contributed by atoms with Crippen molar-refractivity contribution >= 4 is 0 Å². The maximum Gasteiger partial charge on any atom is 0.0210 e. The van der Waals surface area contributed by atoms with Crippen molar-refractivity contribution in [2.75, 3.05) is 0 Å². The molecule has 0 amide bonds. The third-order valence-electron chi connectivity index (χ3n) is 4.71. The number of hydrogen-bond donors (Lipinski definition) is 1. The Kier molecular flexibility index (Phi) is 4.67. The van der Waals surface area contributed by atoms with Gasteiger partial charge in [0.05, 0.1) is 0 Å². The monoisotopic (exact) mass is 259 g/mol. The van der Waals surface area contributed by atoms with Gasteiger partial charge in [-0.1, -0.05) is 26.0 Å². The largest absolute Gasteiger partial charge is 0.310 e. The number of rotatable bonds is 3. The first-order valence-electron chi connectivity index (χ1n) is 7.75. The highest BCUT2D eigenvalue weighted by Gasteiger charge is 2.23. The average Bonchev–Trinajstić information content (AvgIpc) is 2.31. The molecule has 0 bridgehead atoms.